The first kappa shape index (κ1) is 11.0. The molecule has 0 aliphatic carbocycles. The normalized spacial score (nSPS) is 12.7. The SMILES string of the molecule is CC(N)c1cc(-c2cccs2)nn(C)c1=O. The zero-order valence-corrected chi connectivity index (χ0v) is 9.99. The molecule has 0 aromatic carbocycles. The van der Waals surface area contributed by atoms with E-state index in [2.05, 4.69) is 5.10 Å². The van der Waals surface area contributed by atoms with Crippen LogP contribution in [0.25, 0.3) is 10.6 Å². The molecule has 1 unspecified atom stereocenters. The fourth-order valence-electron chi connectivity index (χ4n) is 1.50. The van der Waals surface area contributed by atoms with Gasteiger partial charge in [0.2, 0.25) is 0 Å². The Morgan fingerprint density at radius 1 is 1.56 bits per heavy atom. The first-order valence-electron chi connectivity index (χ1n) is 4.97. The van der Waals surface area contributed by atoms with Gasteiger partial charge in [0, 0.05) is 18.7 Å². The maximum Gasteiger partial charge on any atom is 0.271 e. The zero-order valence-electron chi connectivity index (χ0n) is 9.18. The fraction of sp³-hybridized carbons (Fsp3) is 0.273. The van der Waals surface area contributed by atoms with E-state index in [1.54, 1.807) is 31.4 Å². The van der Waals surface area contributed by atoms with Gasteiger partial charge in [0.05, 0.1) is 4.88 Å². The average Bonchev–Trinajstić information content (AvgIpc) is 2.74. The second-order valence-electron chi connectivity index (χ2n) is 3.68. The van der Waals surface area contributed by atoms with Crippen LogP contribution in [-0.2, 0) is 7.05 Å². The van der Waals surface area contributed by atoms with Crippen molar-refractivity contribution in [1.29, 1.82) is 0 Å². The molecule has 1 atom stereocenters. The Labute approximate surface area is 97.3 Å². The van der Waals surface area contributed by atoms with Crippen molar-refractivity contribution in [2.45, 2.75) is 13.0 Å². The smallest absolute Gasteiger partial charge is 0.271 e. The summed E-state index contributed by atoms with van der Waals surface area (Å²) < 4.78 is 1.34. The molecular weight excluding hydrogens is 222 g/mol. The molecule has 0 saturated heterocycles. The van der Waals surface area contributed by atoms with Gasteiger partial charge in [0.15, 0.2) is 0 Å². The second kappa shape index (κ2) is 4.19. The van der Waals surface area contributed by atoms with E-state index in [0.29, 0.717) is 5.56 Å². The molecule has 0 spiro atoms. The van der Waals surface area contributed by atoms with Crippen molar-refractivity contribution in [1.82, 2.24) is 9.78 Å². The molecule has 5 heteroatoms. The Kier molecular flexibility index (Phi) is 2.89. The third-order valence-electron chi connectivity index (χ3n) is 2.36. The van der Waals surface area contributed by atoms with E-state index >= 15 is 0 Å². The zero-order chi connectivity index (χ0) is 11.7. The third-order valence-corrected chi connectivity index (χ3v) is 3.25. The maximum atomic E-state index is 11.8. The van der Waals surface area contributed by atoms with Crippen molar-refractivity contribution in [3.8, 4) is 10.6 Å². The molecule has 84 valence electrons. The first-order chi connectivity index (χ1) is 7.59. The fourth-order valence-corrected chi connectivity index (χ4v) is 2.18. The van der Waals surface area contributed by atoms with E-state index in [4.69, 9.17) is 5.73 Å². The van der Waals surface area contributed by atoms with Crippen LogP contribution in [0.3, 0.4) is 0 Å². The molecule has 16 heavy (non-hydrogen) atoms. The highest BCUT2D eigenvalue weighted by Crippen LogP contribution is 2.22. The third kappa shape index (κ3) is 1.91. The van der Waals surface area contributed by atoms with E-state index in [1.807, 2.05) is 17.5 Å². The van der Waals surface area contributed by atoms with Crippen LogP contribution < -0.4 is 11.3 Å². The van der Waals surface area contributed by atoms with Crippen LogP contribution in [-0.4, -0.2) is 9.78 Å². The topological polar surface area (TPSA) is 60.9 Å². The molecule has 0 amide bonds. The summed E-state index contributed by atoms with van der Waals surface area (Å²) in [7, 11) is 1.64. The van der Waals surface area contributed by atoms with Gasteiger partial charge in [-0.1, -0.05) is 6.07 Å². The van der Waals surface area contributed by atoms with Crippen molar-refractivity contribution in [2.75, 3.05) is 0 Å². The number of hydrogen-bond donors (Lipinski definition) is 1. The number of nitrogens with zero attached hydrogens (tertiary/aromatic N) is 2. The minimum Gasteiger partial charge on any atom is -0.324 e. The number of aryl methyl sites for hydroxylation is 1. The van der Waals surface area contributed by atoms with Crippen LogP contribution in [0.1, 0.15) is 18.5 Å². The van der Waals surface area contributed by atoms with Crippen molar-refractivity contribution in [2.24, 2.45) is 12.8 Å². The van der Waals surface area contributed by atoms with Crippen LogP contribution in [0.5, 0.6) is 0 Å². The van der Waals surface area contributed by atoms with Gasteiger partial charge in [0.25, 0.3) is 5.56 Å². The molecule has 2 aromatic rings. The van der Waals surface area contributed by atoms with Gasteiger partial charge in [0.1, 0.15) is 5.69 Å². The predicted octanol–water partition coefficient (Wildman–Crippen LogP) is 1.53. The van der Waals surface area contributed by atoms with Gasteiger partial charge in [-0.15, -0.1) is 11.3 Å². The van der Waals surface area contributed by atoms with Gasteiger partial charge in [-0.05, 0) is 24.4 Å². The molecule has 2 N–H and O–H groups in total. The van der Waals surface area contributed by atoms with Gasteiger partial charge < -0.3 is 5.73 Å². The summed E-state index contributed by atoms with van der Waals surface area (Å²) in [5.41, 5.74) is 7.03. The van der Waals surface area contributed by atoms with Crippen LogP contribution in [0.2, 0.25) is 0 Å². The van der Waals surface area contributed by atoms with E-state index < -0.39 is 0 Å². The summed E-state index contributed by atoms with van der Waals surface area (Å²) in [4.78, 5) is 12.8. The molecule has 2 heterocycles. The largest absolute Gasteiger partial charge is 0.324 e. The molecule has 0 fully saturated rings. The molecule has 4 nitrogen and oxygen atoms in total. The molecule has 2 aromatic heterocycles. The Morgan fingerprint density at radius 2 is 2.31 bits per heavy atom. The lowest BCUT2D eigenvalue weighted by molar-refractivity contribution is 0.676. The standard InChI is InChI=1S/C11H13N3OS/c1-7(12)8-6-9(10-4-3-5-16-10)13-14(2)11(8)15/h3-7H,12H2,1-2H3. The van der Waals surface area contributed by atoms with Crippen molar-refractivity contribution in [3.63, 3.8) is 0 Å². The molecule has 0 bridgehead atoms. The Bertz CT molecular complexity index is 543. The molecule has 0 aliphatic heterocycles. The van der Waals surface area contributed by atoms with Crippen LogP contribution in [0, 0.1) is 0 Å². The van der Waals surface area contributed by atoms with Gasteiger partial charge in [-0.2, -0.15) is 5.10 Å². The van der Waals surface area contributed by atoms with E-state index in [-0.39, 0.29) is 11.6 Å². The van der Waals surface area contributed by atoms with Crippen molar-refractivity contribution < 1.29 is 0 Å². The highest BCUT2D eigenvalue weighted by molar-refractivity contribution is 7.13. The molecule has 2 rings (SSSR count). The second-order valence-corrected chi connectivity index (χ2v) is 4.63. The Hall–Kier alpha value is -1.46. The lowest BCUT2D eigenvalue weighted by atomic mass is 10.1. The molecule has 0 saturated carbocycles. The number of nitrogens with two attached hydrogens (primary N) is 1. The summed E-state index contributed by atoms with van der Waals surface area (Å²) in [6, 6.07) is 5.43. The molecule has 0 radical (unpaired) electrons. The Morgan fingerprint density at radius 3 is 2.88 bits per heavy atom. The average molecular weight is 235 g/mol. The predicted molar refractivity (Wildman–Crippen MR) is 65.4 cm³/mol. The number of hydrogen-bond acceptors (Lipinski definition) is 4. The summed E-state index contributed by atoms with van der Waals surface area (Å²) in [5, 5.41) is 6.20. The van der Waals surface area contributed by atoms with Gasteiger partial charge in [-0.25, -0.2) is 4.68 Å². The number of aromatic nitrogens is 2. The summed E-state index contributed by atoms with van der Waals surface area (Å²) in [6.07, 6.45) is 0. The molecular formula is C11H13N3OS. The summed E-state index contributed by atoms with van der Waals surface area (Å²) >= 11 is 1.59. The highest BCUT2D eigenvalue weighted by Gasteiger charge is 2.11. The Balaban J connectivity index is 2.62. The number of rotatable bonds is 2. The highest BCUT2D eigenvalue weighted by atomic mass is 32.1. The number of thiophene rings is 1. The van der Waals surface area contributed by atoms with Crippen molar-refractivity contribution in [3.05, 3.63) is 39.5 Å². The lowest BCUT2D eigenvalue weighted by Gasteiger charge is -2.08. The first-order valence-corrected chi connectivity index (χ1v) is 5.85. The molecule has 0 aliphatic rings. The van der Waals surface area contributed by atoms with E-state index in [1.165, 1.54) is 4.68 Å². The van der Waals surface area contributed by atoms with Gasteiger partial charge >= 0.3 is 0 Å². The van der Waals surface area contributed by atoms with Gasteiger partial charge in [-0.3, -0.25) is 4.79 Å². The summed E-state index contributed by atoms with van der Waals surface area (Å²) in [6.45, 7) is 1.80. The van der Waals surface area contributed by atoms with Crippen LogP contribution in [0.15, 0.2) is 28.4 Å². The monoisotopic (exact) mass is 235 g/mol. The minimum absolute atomic E-state index is 0.129. The maximum absolute atomic E-state index is 11.8. The summed E-state index contributed by atoms with van der Waals surface area (Å²) in [5.74, 6) is 0. The van der Waals surface area contributed by atoms with E-state index in [9.17, 15) is 4.79 Å². The quantitative estimate of drug-likeness (QED) is 0.858. The van der Waals surface area contributed by atoms with Crippen LogP contribution in [0.4, 0.5) is 0 Å². The minimum atomic E-state index is -0.277. The lowest BCUT2D eigenvalue weighted by Crippen LogP contribution is -2.27. The van der Waals surface area contributed by atoms with Crippen molar-refractivity contribution >= 4 is 11.3 Å². The van der Waals surface area contributed by atoms with E-state index in [0.717, 1.165) is 10.6 Å². The van der Waals surface area contributed by atoms with Crippen LogP contribution >= 0.6 is 11.3 Å².